The highest BCUT2D eigenvalue weighted by Gasteiger charge is 2.44. The summed E-state index contributed by atoms with van der Waals surface area (Å²) in [6.07, 6.45) is 0.293. The Morgan fingerprint density at radius 1 is 1.26 bits per heavy atom. The number of rotatable bonds is 7. The van der Waals surface area contributed by atoms with Crippen LogP contribution in [0.2, 0.25) is 5.02 Å². The molecular formula is C24H32ClN3O6. The molecule has 0 bridgehead atoms. The first-order valence-corrected chi connectivity index (χ1v) is 11.9. The fourth-order valence-electron chi connectivity index (χ4n) is 4.22. The van der Waals surface area contributed by atoms with E-state index in [2.05, 4.69) is 10.6 Å². The number of cyclic esters (lactones) is 1. The number of amides is 3. The minimum absolute atomic E-state index is 0.00951. The van der Waals surface area contributed by atoms with Gasteiger partial charge in [-0.3, -0.25) is 19.2 Å². The van der Waals surface area contributed by atoms with E-state index in [1.54, 1.807) is 31.2 Å². The predicted molar refractivity (Wildman–Crippen MR) is 125 cm³/mol. The molecule has 9 nitrogen and oxygen atoms in total. The van der Waals surface area contributed by atoms with Crippen LogP contribution in [0.4, 0.5) is 0 Å². The molecule has 0 aromatic heterocycles. The molecule has 4 atom stereocenters. The third-order valence-corrected chi connectivity index (χ3v) is 6.30. The summed E-state index contributed by atoms with van der Waals surface area (Å²) in [5.74, 6) is -1.62. The Balaban J connectivity index is 1.74. The highest BCUT2D eigenvalue weighted by molar-refractivity contribution is 6.33. The number of carbonyl (C=O) groups excluding carboxylic acids is 4. The number of esters is 1. The number of nitrogens with one attached hydrogen (secondary N) is 2. The number of likely N-dealkylation sites (tertiary alicyclic amines) is 1. The molecule has 0 aliphatic carbocycles. The SMILES string of the molecule is CCO[C@@H]1OC(=O)C[C@H]1NC(=O)[C@@H]1CCCN1C(=O)[C@@H](NC(=O)c1ccccc1Cl)C(C)(C)C. The van der Waals surface area contributed by atoms with E-state index < -0.39 is 41.7 Å². The fraction of sp³-hybridized carbons (Fsp3) is 0.583. The molecule has 34 heavy (non-hydrogen) atoms. The third-order valence-electron chi connectivity index (χ3n) is 5.97. The van der Waals surface area contributed by atoms with Crippen molar-refractivity contribution in [1.29, 1.82) is 0 Å². The van der Waals surface area contributed by atoms with Crippen LogP contribution in [0.3, 0.4) is 0 Å². The molecule has 1 aromatic carbocycles. The normalized spacial score (nSPS) is 23.4. The molecule has 2 N–H and O–H groups in total. The van der Waals surface area contributed by atoms with Gasteiger partial charge in [-0.2, -0.15) is 0 Å². The van der Waals surface area contributed by atoms with Gasteiger partial charge in [-0.15, -0.1) is 0 Å². The van der Waals surface area contributed by atoms with E-state index in [-0.39, 0.29) is 28.8 Å². The molecule has 1 aromatic rings. The smallest absolute Gasteiger partial charge is 0.310 e. The molecule has 186 valence electrons. The lowest BCUT2D eigenvalue weighted by atomic mass is 9.85. The number of ether oxygens (including phenoxy) is 2. The summed E-state index contributed by atoms with van der Waals surface area (Å²) in [4.78, 5) is 52.8. The first kappa shape index (κ1) is 26.0. The standard InChI is InChI=1S/C24H32ClN3O6/c1-5-33-23-16(13-18(29)34-23)26-21(31)17-11-8-12-28(17)22(32)19(24(2,3)4)27-20(30)14-9-6-7-10-15(14)25/h6-7,9-10,16-17,19,23H,5,8,11-13H2,1-4H3,(H,26,31)(H,27,30)/t16-,17+,19-,23-/m1/s1. The second-order valence-corrected chi connectivity index (χ2v) is 9.98. The Morgan fingerprint density at radius 3 is 2.62 bits per heavy atom. The second kappa shape index (κ2) is 10.7. The van der Waals surface area contributed by atoms with Crippen LogP contribution in [0, 0.1) is 5.41 Å². The molecule has 0 unspecified atom stereocenters. The van der Waals surface area contributed by atoms with Gasteiger partial charge >= 0.3 is 5.97 Å². The van der Waals surface area contributed by atoms with Crippen molar-refractivity contribution >= 4 is 35.3 Å². The molecule has 2 heterocycles. The van der Waals surface area contributed by atoms with Gasteiger partial charge in [-0.1, -0.05) is 44.5 Å². The maximum absolute atomic E-state index is 13.6. The average molecular weight is 494 g/mol. The van der Waals surface area contributed by atoms with E-state index in [9.17, 15) is 19.2 Å². The first-order valence-electron chi connectivity index (χ1n) is 11.5. The Bertz CT molecular complexity index is 947. The Hall–Kier alpha value is -2.65. The molecule has 2 aliphatic rings. The molecule has 2 fully saturated rings. The molecular weight excluding hydrogens is 462 g/mol. The van der Waals surface area contributed by atoms with Crippen LogP contribution in [0.1, 0.15) is 57.3 Å². The zero-order chi connectivity index (χ0) is 25.0. The molecule has 2 aliphatic heterocycles. The Morgan fingerprint density at radius 2 is 1.97 bits per heavy atom. The van der Waals surface area contributed by atoms with Gasteiger partial charge in [0.1, 0.15) is 18.1 Å². The zero-order valence-corrected chi connectivity index (χ0v) is 20.7. The van der Waals surface area contributed by atoms with Crippen molar-refractivity contribution in [3.8, 4) is 0 Å². The van der Waals surface area contributed by atoms with E-state index in [1.165, 1.54) is 4.90 Å². The maximum atomic E-state index is 13.6. The van der Waals surface area contributed by atoms with E-state index in [0.29, 0.717) is 26.0 Å². The van der Waals surface area contributed by atoms with E-state index in [0.717, 1.165) is 0 Å². The van der Waals surface area contributed by atoms with E-state index in [1.807, 2.05) is 20.8 Å². The van der Waals surface area contributed by atoms with Gasteiger partial charge in [0.25, 0.3) is 5.91 Å². The molecule has 0 radical (unpaired) electrons. The molecule has 3 rings (SSSR count). The van der Waals surface area contributed by atoms with Crippen LogP contribution >= 0.6 is 11.6 Å². The summed E-state index contributed by atoms with van der Waals surface area (Å²) in [7, 11) is 0. The van der Waals surface area contributed by atoms with Crippen LogP contribution in [-0.2, 0) is 23.9 Å². The summed E-state index contributed by atoms with van der Waals surface area (Å²) in [5.41, 5.74) is -0.349. The van der Waals surface area contributed by atoms with Crippen molar-refractivity contribution in [2.24, 2.45) is 5.41 Å². The van der Waals surface area contributed by atoms with Gasteiger partial charge < -0.3 is 25.0 Å². The maximum Gasteiger partial charge on any atom is 0.310 e. The summed E-state index contributed by atoms with van der Waals surface area (Å²) >= 11 is 6.16. The van der Waals surface area contributed by atoms with Crippen molar-refractivity contribution in [2.45, 2.75) is 71.4 Å². The molecule has 0 spiro atoms. The predicted octanol–water partition coefficient (Wildman–Crippen LogP) is 2.27. The molecule has 10 heteroatoms. The fourth-order valence-corrected chi connectivity index (χ4v) is 4.44. The largest absolute Gasteiger partial charge is 0.433 e. The minimum atomic E-state index is -0.878. The van der Waals surface area contributed by atoms with Gasteiger partial charge in [0.15, 0.2) is 0 Å². The number of halogens is 1. The topological polar surface area (TPSA) is 114 Å². The number of carbonyl (C=O) groups is 4. The molecule has 0 saturated carbocycles. The number of benzene rings is 1. The average Bonchev–Trinajstić information content (AvgIpc) is 3.38. The summed E-state index contributed by atoms with van der Waals surface area (Å²) in [5, 5.41) is 5.92. The first-order chi connectivity index (χ1) is 16.0. The highest BCUT2D eigenvalue weighted by atomic mass is 35.5. The summed E-state index contributed by atoms with van der Waals surface area (Å²) in [6.45, 7) is 8.04. The lowest BCUT2D eigenvalue weighted by molar-refractivity contribution is -0.164. The minimum Gasteiger partial charge on any atom is -0.433 e. The Labute approximate surface area is 204 Å². The quantitative estimate of drug-likeness (QED) is 0.563. The van der Waals surface area contributed by atoms with Crippen molar-refractivity contribution in [3.05, 3.63) is 34.9 Å². The number of hydrogen-bond donors (Lipinski definition) is 2. The third kappa shape index (κ3) is 5.88. The zero-order valence-electron chi connectivity index (χ0n) is 19.9. The van der Waals surface area contributed by atoms with Crippen LogP contribution in [-0.4, -0.2) is 66.2 Å². The van der Waals surface area contributed by atoms with Crippen LogP contribution in [0.15, 0.2) is 24.3 Å². The lowest BCUT2D eigenvalue weighted by Gasteiger charge is -2.35. The second-order valence-electron chi connectivity index (χ2n) is 9.57. The monoisotopic (exact) mass is 493 g/mol. The van der Waals surface area contributed by atoms with Crippen LogP contribution in [0.5, 0.6) is 0 Å². The summed E-state index contributed by atoms with van der Waals surface area (Å²) in [6, 6.07) is 4.41. The van der Waals surface area contributed by atoms with Gasteiger partial charge in [0, 0.05) is 13.2 Å². The van der Waals surface area contributed by atoms with Gasteiger partial charge in [-0.25, -0.2) is 0 Å². The summed E-state index contributed by atoms with van der Waals surface area (Å²) < 4.78 is 10.5. The van der Waals surface area contributed by atoms with E-state index in [4.69, 9.17) is 21.1 Å². The Kier molecular flexibility index (Phi) is 8.20. The van der Waals surface area contributed by atoms with E-state index >= 15 is 0 Å². The van der Waals surface area contributed by atoms with Crippen molar-refractivity contribution in [1.82, 2.24) is 15.5 Å². The van der Waals surface area contributed by atoms with Crippen molar-refractivity contribution in [3.63, 3.8) is 0 Å². The molecule has 2 saturated heterocycles. The van der Waals surface area contributed by atoms with Crippen LogP contribution in [0.25, 0.3) is 0 Å². The van der Waals surface area contributed by atoms with Crippen LogP contribution < -0.4 is 10.6 Å². The van der Waals surface area contributed by atoms with Crippen molar-refractivity contribution < 1.29 is 28.7 Å². The van der Waals surface area contributed by atoms with Crippen molar-refractivity contribution in [2.75, 3.05) is 13.2 Å². The lowest BCUT2D eigenvalue weighted by Crippen LogP contribution is -2.58. The van der Waals surface area contributed by atoms with Gasteiger partial charge in [0.2, 0.25) is 18.1 Å². The van der Waals surface area contributed by atoms with Gasteiger partial charge in [0.05, 0.1) is 17.0 Å². The highest BCUT2D eigenvalue weighted by Crippen LogP contribution is 2.27. The number of hydrogen-bond acceptors (Lipinski definition) is 6. The molecule has 3 amide bonds. The van der Waals surface area contributed by atoms with Gasteiger partial charge in [-0.05, 0) is 37.3 Å². The number of nitrogens with zero attached hydrogens (tertiary/aromatic N) is 1.